The van der Waals surface area contributed by atoms with Crippen molar-refractivity contribution in [2.75, 3.05) is 36.4 Å². The number of nitrogens with one attached hydrogen (secondary N) is 1. The lowest BCUT2D eigenvalue weighted by Crippen LogP contribution is -2.49. The van der Waals surface area contributed by atoms with Crippen LogP contribution in [0.3, 0.4) is 0 Å². The van der Waals surface area contributed by atoms with Crippen LogP contribution in [0.15, 0.2) is 48.5 Å². The van der Waals surface area contributed by atoms with Gasteiger partial charge >= 0.3 is 0 Å². The van der Waals surface area contributed by atoms with Gasteiger partial charge in [0.15, 0.2) is 0 Å². The second-order valence-corrected chi connectivity index (χ2v) is 6.70. The summed E-state index contributed by atoms with van der Waals surface area (Å²) in [4.78, 5) is 28.4. The molecule has 1 saturated heterocycles. The van der Waals surface area contributed by atoms with Crippen LogP contribution in [0.1, 0.15) is 12.0 Å². The molecule has 6 nitrogen and oxygen atoms in total. The van der Waals surface area contributed by atoms with E-state index >= 15 is 0 Å². The lowest BCUT2D eigenvalue weighted by Gasteiger charge is -2.36. The molecule has 1 N–H and O–H groups in total. The van der Waals surface area contributed by atoms with Crippen molar-refractivity contribution in [1.82, 2.24) is 4.90 Å². The van der Waals surface area contributed by atoms with Crippen LogP contribution in [0.4, 0.5) is 11.4 Å². The van der Waals surface area contributed by atoms with Gasteiger partial charge < -0.3 is 15.1 Å². The molecule has 1 heterocycles. The highest BCUT2D eigenvalue weighted by Gasteiger charge is 2.23. The fourth-order valence-electron chi connectivity index (χ4n) is 3.01. The zero-order valence-electron chi connectivity index (χ0n) is 14.7. The van der Waals surface area contributed by atoms with Gasteiger partial charge in [-0.15, -0.1) is 0 Å². The number of rotatable bonds is 4. The molecule has 1 aliphatic heterocycles. The van der Waals surface area contributed by atoms with Crippen molar-refractivity contribution in [2.45, 2.75) is 6.42 Å². The summed E-state index contributed by atoms with van der Waals surface area (Å²) in [7, 11) is 0. The van der Waals surface area contributed by atoms with E-state index in [4.69, 9.17) is 16.9 Å². The van der Waals surface area contributed by atoms with Crippen LogP contribution in [0.25, 0.3) is 0 Å². The first kappa shape index (κ1) is 18.7. The first-order valence-electron chi connectivity index (χ1n) is 8.63. The molecule has 3 rings (SSSR count). The van der Waals surface area contributed by atoms with E-state index in [-0.39, 0.29) is 18.2 Å². The Kier molecular flexibility index (Phi) is 5.94. The zero-order chi connectivity index (χ0) is 19.2. The molecule has 0 saturated carbocycles. The van der Waals surface area contributed by atoms with Gasteiger partial charge in [0.25, 0.3) is 0 Å². The number of hydrogen-bond acceptors (Lipinski definition) is 4. The summed E-state index contributed by atoms with van der Waals surface area (Å²) < 4.78 is 0. The van der Waals surface area contributed by atoms with Gasteiger partial charge in [0.05, 0.1) is 11.6 Å². The van der Waals surface area contributed by atoms with Gasteiger partial charge in [-0.25, -0.2) is 0 Å². The van der Waals surface area contributed by atoms with Crippen LogP contribution in [0, 0.1) is 11.3 Å². The third-order valence-corrected chi connectivity index (χ3v) is 4.63. The maximum Gasteiger partial charge on any atom is 0.233 e. The lowest BCUT2D eigenvalue weighted by atomic mass is 10.2. The summed E-state index contributed by atoms with van der Waals surface area (Å²) in [6.07, 6.45) is -0.214. The molecule has 1 fully saturated rings. The van der Waals surface area contributed by atoms with Crippen molar-refractivity contribution < 1.29 is 9.59 Å². The first-order chi connectivity index (χ1) is 13.0. The molecule has 0 aromatic heterocycles. The predicted octanol–water partition coefficient (Wildman–Crippen LogP) is 2.89. The normalized spacial score (nSPS) is 13.8. The Hall–Kier alpha value is -3.04. The number of halogens is 1. The molecule has 0 spiro atoms. The van der Waals surface area contributed by atoms with Crippen LogP contribution >= 0.6 is 11.6 Å². The highest BCUT2D eigenvalue weighted by molar-refractivity contribution is 6.30. The summed E-state index contributed by atoms with van der Waals surface area (Å²) in [5, 5.41) is 12.2. The molecule has 0 atom stereocenters. The van der Waals surface area contributed by atoms with Crippen LogP contribution < -0.4 is 10.2 Å². The Morgan fingerprint density at radius 3 is 2.52 bits per heavy atom. The topological polar surface area (TPSA) is 76.4 Å². The largest absolute Gasteiger partial charge is 0.368 e. The Balaban J connectivity index is 1.50. The van der Waals surface area contributed by atoms with E-state index in [2.05, 4.69) is 10.2 Å². The number of piperazine rings is 1. The van der Waals surface area contributed by atoms with E-state index in [0.717, 1.165) is 5.69 Å². The van der Waals surface area contributed by atoms with Gasteiger partial charge in [-0.05, 0) is 36.4 Å². The van der Waals surface area contributed by atoms with E-state index in [9.17, 15) is 9.59 Å². The van der Waals surface area contributed by atoms with E-state index in [1.54, 1.807) is 29.2 Å². The number of anilines is 2. The maximum absolute atomic E-state index is 12.4. The third kappa shape index (κ3) is 4.99. The molecule has 2 aromatic carbocycles. The standard InChI is InChI=1S/C20H19ClN4O2/c21-16-4-2-6-18(12-16)24-7-9-25(10-8-24)20(27)13-19(26)23-17-5-1-3-15(11-17)14-22/h1-6,11-12H,7-10,13H2,(H,23,26). The summed E-state index contributed by atoms with van der Waals surface area (Å²) in [5.74, 6) is -0.581. The fourth-order valence-corrected chi connectivity index (χ4v) is 3.19. The van der Waals surface area contributed by atoms with Gasteiger partial charge in [-0.2, -0.15) is 5.26 Å². The molecule has 0 radical (unpaired) electrons. The van der Waals surface area contributed by atoms with E-state index in [1.165, 1.54) is 0 Å². The Morgan fingerprint density at radius 2 is 1.81 bits per heavy atom. The number of nitriles is 1. The smallest absolute Gasteiger partial charge is 0.233 e. The van der Waals surface area contributed by atoms with Gasteiger partial charge in [0.1, 0.15) is 6.42 Å². The predicted molar refractivity (Wildman–Crippen MR) is 105 cm³/mol. The van der Waals surface area contributed by atoms with E-state index < -0.39 is 0 Å². The molecule has 2 aromatic rings. The summed E-state index contributed by atoms with van der Waals surface area (Å²) >= 11 is 6.03. The summed E-state index contributed by atoms with van der Waals surface area (Å²) in [6.45, 7) is 2.50. The molecular formula is C20H19ClN4O2. The SMILES string of the molecule is N#Cc1cccc(NC(=O)CC(=O)N2CCN(c3cccc(Cl)c3)CC2)c1. The number of hydrogen-bond donors (Lipinski definition) is 1. The lowest BCUT2D eigenvalue weighted by molar-refractivity contribution is -0.134. The average molecular weight is 383 g/mol. The van der Waals surface area contributed by atoms with E-state index in [0.29, 0.717) is 42.5 Å². The second kappa shape index (κ2) is 8.56. The van der Waals surface area contributed by atoms with Gasteiger partial charge in [0.2, 0.25) is 11.8 Å². The van der Waals surface area contributed by atoms with Crippen LogP contribution in [-0.4, -0.2) is 42.9 Å². The maximum atomic E-state index is 12.4. The Labute approximate surface area is 162 Å². The van der Waals surface area contributed by atoms with Crippen LogP contribution in [0.2, 0.25) is 5.02 Å². The summed E-state index contributed by atoms with van der Waals surface area (Å²) in [5.41, 5.74) is 2.00. The van der Waals surface area contributed by atoms with Crippen molar-refractivity contribution in [2.24, 2.45) is 0 Å². The molecular weight excluding hydrogens is 364 g/mol. The average Bonchev–Trinajstić information content (AvgIpc) is 2.68. The Morgan fingerprint density at radius 1 is 1.07 bits per heavy atom. The summed E-state index contributed by atoms with van der Waals surface area (Å²) in [6, 6.07) is 16.2. The molecule has 27 heavy (non-hydrogen) atoms. The quantitative estimate of drug-likeness (QED) is 0.825. The number of carbonyl (C=O) groups is 2. The molecule has 138 valence electrons. The number of benzene rings is 2. The van der Waals surface area contributed by atoms with Crippen molar-refractivity contribution in [3.05, 3.63) is 59.1 Å². The molecule has 0 aliphatic carbocycles. The molecule has 0 unspecified atom stereocenters. The van der Waals surface area contributed by atoms with Crippen molar-refractivity contribution >= 4 is 34.8 Å². The van der Waals surface area contributed by atoms with Gasteiger partial charge in [-0.1, -0.05) is 23.7 Å². The first-order valence-corrected chi connectivity index (χ1v) is 9.01. The minimum atomic E-state index is -0.382. The highest BCUT2D eigenvalue weighted by Crippen LogP contribution is 2.21. The van der Waals surface area contributed by atoms with Crippen molar-refractivity contribution in [1.29, 1.82) is 5.26 Å². The third-order valence-electron chi connectivity index (χ3n) is 4.39. The van der Waals surface area contributed by atoms with Crippen LogP contribution in [0.5, 0.6) is 0 Å². The minimum Gasteiger partial charge on any atom is -0.368 e. The van der Waals surface area contributed by atoms with E-state index in [1.807, 2.05) is 30.3 Å². The highest BCUT2D eigenvalue weighted by atomic mass is 35.5. The molecule has 1 aliphatic rings. The van der Waals surface area contributed by atoms with Gasteiger partial charge in [0, 0.05) is 42.6 Å². The second-order valence-electron chi connectivity index (χ2n) is 6.27. The van der Waals surface area contributed by atoms with Crippen molar-refractivity contribution in [3.8, 4) is 6.07 Å². The minimum absolute atomic E-state index is 0.199. The molecule has 2 amide bonds. The van der Waals surface area contributed by atoms with Crippen LogP contribution in [-0.2, 0) is 9.59 Å². The zero-order valence-corrected chi connectivity index (χ0v) is 15.4. The fraction of sp³-hybridized carbons (Fsp3) is 0.250. The van der Waals surface area contributed by atoms with Crippen molar-refractivity contribution in [3.63, 3.8) is 0 Å². The van der Waals surface area contributed by atoms with Gasteiger partial charge in [-0.3, -0.25) is 9.59 Å². The monoisotopic (exact) mass is 382 g/mol. The molecule has 7 heteroatoms. The number of nitrogens with zero attached hydrogens (tertiary/aromatic N) is 3. The number of amides is 2. The Bertz CT molecular complexity index is 886. The molecule has 0 bridgehead atoms. The number of carbonyl (C=O) groups excluding carboxylic acids is 2.